The van der Waals surface area contributed by atoms with Crippen molar-refractivity contribution in [3.8, 4) is 0 Å². The van der Waals surface area contributed by atoms with E-state index < -0.39 is 0 Å². The minimum atomic E-state index is -0.106. The molecule has 0 aliphatic carbocycles. The van der Waals surface area contributed by atoms with Crippen LogP contribution in [0.15, 0.2) is 0 Å². The summed E-state index contributed by atoms with van der Waals surface area (Å²) in [6, 6.07) is 0. The third-order valence-electron chi connectivity index (χ3n) is 3.25. The summed E-state index contributed by atoms with van der Waals surface area (Å²) < 4.78 is 5.63. The molecule has 2 aliphatic heterocycles. The lowest BCUT2D eigenvalue weighted by Gasteiger charge is -2.39. The standard InChI is InChI=1S/C11H20N2O2/c1-11(8-12-9-11)15-7-10(14)13-5-3-2-4-6-13/h12H,2-9H2,1H3. The van der Waals surface area contributed by atoms with Crippen LogP contribution >= 0.6 is 0 Å². The fourth-order valence-corrected chi connectivity index (χ4v) is 2.05. The molecule has 0 aromatic rings. The van der Waals surface area contributed by atoms with Gasteiger partial charge in [0, 0.05) is 26.2 Å². The van der Waals surface area contributed by atoms with E-state index in [4.69, 9.17) is 4.74 Å². The quantitative estimate of drug-likeness (QED) is 0.735. The van der Waals surface area contributed by atoms with Gasteiger partial charge in [0.15, 0.2) is 0 Å². The number of piperidine rings is 1. The minimum Gasteiger partial charge on any atom is -0.363 e. The zero-order valence-electron chi connectivity index (χ0n) is 9.42. The minimum absolute atomic E-state index is 0.106. The molecule has 4 heteroatoms. The maximum absolute atomic E-state index is 11.8. The first-order valence-corrected chi connectivity index (χ1v) is 5.82. The Bertz CT molecular complexity index is 233. The number of nitrogens with one attached hydrogen (secondary N) is 1. The molecule has 0 atom stereocenters. The lowest BCUT2D eigenvalue weighted by Crippen LogP contribution is -2.59. The van der Waals surface area contributed by atoms with Crippen LogP contribution < -0.4 is 5.32 Å². The summed E-state index contributed by atoms with van der Waals surface area (Å²) in [5.41, 5.74) is -0.106. The molecular weight excluding hydrogens is 192 g/mol. The molecule has 0 aromatic heterocycles. The average molecular weight is 212 g/mol. The van der Waals surface area contributed by atoms with Crippen molar-refractivity contribution in [1.82, 2.24) is 10.2 Å². The summed E-state index contributed by atoms with van der Waals surface area (Å²) in [6.45, 7) is 5.85. The first-order valence-electron chi connectivity index (χ1n) is 5.82. The molecule has 0 bridgehead atoms. The van der Waals surface area contributed by atoms with E-state index in [0.717, 1.165) is 39.0 Å². The predicted molar refractivity (Wildman–Crippen MR) is 57.7 cm³/mol. The Balaban J connectivity index is 1.71. The van der Waals surface area contributed by atoms with Crippen LogP contribution in [-0.4, -0.2) is 49.2 Å². The number of likely N-dealkylation sites (tertiary alicyclic amines) is 1. The van der Waals surface area contributed by atoms with Crippen molar-refractivity contribution < 1.29 is 9.53 Å². The van der Waals surface area contributed by atoms with Gasteiger partial charge < -0.3 is 15.0 Å². The van der Waals surface area contributed by atoms with Gasteiger partial charge in [0.1, 0.15) is 6.61 Å². The Kier molecular flexibility index (Phi) is 3.26. The van der Waals surface area contributed by atoms with E-state index in [1.165, 1.54) is 6.42 Å². The van der Waals surface area contributed by atoms with Gasteiger partial charge in [-0.25, -0.2) is 0 Å². The molecule has 0 unspecified atom stereocenters. The van der Waals surface area contributed by atoms with Gasteiger partial charge in [-0.05, 0) is 26.2 Å². The summed E-state index contributed by atoms with van der Waals surface area (Å²) >= 11 is 0. The van der Waals surface area contributed by atoms with Gasteiger partial charge in [-0.2, -0.15) is 0 Å². The third-order valence-corrected chi connectivity index (χ3v) is 3.25. The van der Waals surface area contributed by atoms with Gasteiger partial charge in [0.2, 0.25) is 5.91 Å². The highest BCUT2D eigenvalue weighted by Gasteiger charge is 2.33. The fraction of sp³-hybridized carbons (Fsp3) is 0.909. The van der Waals surface area contributed by atoms with Gasteiger partial charge in [0.25, 0.3) is 0 Å². The van der Waals surface area contributed by atoms with Crippen molar-refractivity contribution in [3.63, 3.8) is 0 Å². The average Bonchev–Trinajstić information content (AvgIpc) is 2.24. The number of rotatable bonds is 3. The fourth-order valence-electron chi connectivity index (χ4n) is 2.05. The number of hydrogen-bond acceptors (Lipinski definition) is 3. The van der Waals surface area contributed by atoms with Gasteiger partial charge >= 0.3 is 0 Å². The van der Waals surface area contributed by atoms with E-state index in [1.54, 1.807) is 0 Å². The third kappa shape index (κ3) is 2.69. The van der Waals surface area contributed by atoms with Crippen molar-refractivity contribution in [2.24, 2.45) is 0 Å². The Morgan fingerprint density at radius 1 is 1.33 bits per heavy atom. The Morgan fingerprint density at radius 2 is 2.00 bits per heavy atom. The zero-order chi connectivity index (χ0) is 10.7. The van der Waals surface area contributed by atoms with Gasteiger partial charge in [-0.15, -0.1) is 0 Å². The first-order chi connectivity index (χ1) is 7.20. The van der Waals surface area contributed by atoms with Gasteiger partial charge in [-0.1, -0.05) is 0 Å². The SMILES string of the molecule is CC1(OCC(=O)N2CCCCC2)CNC1. The molecule has 0 radical (unpaired) electrons. The summed E-state index contributed by atoms with van der Waals surface area (Å²) in [7, 11) is 0. The molecule has 2 heterocycles. The Hall–Kier alpha value is -0.610. The van der Waals surface area contributed by atoms with E-state index in [9.17, 15) is 4.79 Å². The summed E-state index contributed by atoms with van der Waals surface area (Å²) in [4.78, 5) is 13.7. The normalized spacial score (nSPS) is 24.7. The van der Waals surface area contributed by atoms with Crippen molar-refractivity contribution in [2.45, 2.75) is 31.8 Å². The maximum Gasteiger partial charge on any atom is 0.248 e. The molecule has 4 nitrogen and oxygen atoms in total. The molecule has 0 aromatic carbocycles. The van der Waals surface area contributed by atoms with Crippen molar-refractivity contribution in [1.29, 1.82) is 0 Å². The Labute approximate surface area is 91.0 Å². The zero-order valence-corrected chi connectivity index (χ0v) is 9.42. The monoisotopic (exact) mass is 212 g/mol. The van der Waals surface area contributed by atoms with Crippen molar-refractivity contribution in [2.75, 3.05) is 32.8 Å². The molecule has 2 aliphatic rings. The summed E-state index contributed by atoms with van der Waals surface area (Å²) in [5, 5.41) is 3.16. The van der Waals surface area contributed by atoms with E-state index >= 15 is 0 Å². The van der Waals surface area contributed by atoms with Crippen LogP contribution in [0.4, 0.5) is 0 Å². The van der Waals surface area contributed by atoms with E-state index in [0.29, 0.717) is 0 Å². The van der Waals surface area contributed by atoms with E-state index in [-0.39, 0.29) is 18.1 Å². The van der Waals surface area contributed by atoms with Crippen LogP contribution in [0, 0.1) is 0 Å². The van der Waals surface area contributed by atoms with Crippen molar-refractivity contribution >= 4 is 5.91 Å². The second-order valence-corrected chi connectivity index (χ2v) is 4.78. The molecule has 2 saturated heterocycles. The molecule has 1 N–H and O–H groups in total. The lowest BCUT2D eigenvalue weighted by atomic mass is 10.0. The first kappa shape index (κ1) is 10.9. The van der Waals surface area contributed by atoms with Crippen LogP contribution in [0.25, 0.3) is 0 Å². The van der Waals surface area contributed by atoms with Crippen LogP contribution in [-0.2, 0) is 9.53 Å². The highest BCUT2D eigenvalue weighted by Crippen LogP contribution is 2.16. The highest BCUT2D eigenvalue weighted by atomic mass is 16.5. The topological polar surface area (TPSA) is 41.6 Å². The van der Waals surface area contributed by atoms with Crippen LogP contribution in [0.2, 0.25) is 0 Å². The molecule has 1 amide bonds. The number of ether oxygens (including phenoxy) is 1. The second kappa shape index (κ2) is 4.49. The molecule has 2 rings (SSSR count). The predicted octanol–water partition coefficient (Wildman–Crippen LogP) is 0.377. The molecule has 2 fully saturated rings. The molecule has 0 saturated carbocycles. The van der Waals surface area contributed by atoms with Crippen LogP contribution in [0.5, 0.6) is 0 Å². The number of nitrogens with zero attached hydrogens (tertiary/aromatic N) is 1. The van der Waals surface area contributed by atoms with E-state index in [2.05, 4.69) is 5.32 Å². The number of hydrogen-bond donors (Lipinski definition) is 1. The molecule has 0 spiro atoms. The summed E-state index contributed by atoms with van der Waals surface area (Å²) in [5.74, 6) is 0.155. The number of carbonyl (C=O) groups excluding carboxylic acids is 1. The van der Waals surface area contributed by atoms with E-state index in [1.807, 2.05) is 11.8 Å². The Morgan fingerprint density at radius 3 is 2.53 bits per heavy atom. The largest absolute Gasteiger partial charge is 0.363 e. The molecular formula is C11H20N2O2. The maximum atomic E-state index is 11.8. The number of carbonyl (C=O) groups is 1. The van der Waals surface area contributed by atoms with Gasteiger partial charge in [-0.3, -0.25) is 4.79 Å². The van der Waals surface area contributed by atoms with Crippen LogP contribution in [0.3, 0.4) is 0 Å². The van der Waals surface area contributed by atoms with Gasteiger partial charge in [0.05, 0.1) is 5.60 Å². The van der Waals surface area contributed by atoms with Crippen molar-refractivity contribution in [3.05, 3.63) is 0 Å². The smallest absolute Gasteiger partial charge is 0.248 e. The molecule has 15 heavy (non-hydrogen) atoms. The summed E-state index contributed by atoms with van der Waals surface area (Å²) in [6.07, 6.45) is 3.54. The van der Waals surface area contributed by atoms with Crippen LogP contribution in [0.1, 0.15) is 26.2 Å². The number of amides is 1. The lowest BCUT2D eigenvalue weighted by molar-refractivity contribution is -0.146. The highest BCUT2D eigenvalue weighted by molar-refractivity contribution is 5.77. The molecule has 86 valence electrons. The second-order valence-electron chi connectivity index (χ2n) is 4.78.